The number of benzene rings is 2. The van der Waals surface area contributed by atoms with E-state index in [1.54, 1.807) is 30.3 Å². The number of hydrogen-bond donors (Lipinski definition) is 1. The van der Waals surface area contributed by atoms with E-state index in [9.17, 15) is 4.79 Å². The molecule has 6 nitrogen and oxygen atoms in total. The van der Waals surface area contributed by atoms with E-state index in [2.05, 4.69) is 5.32 Å². The molecule has 0 saturated heterocycles. The minimum Gasteiger partial charge on any atom is -0.493 e. The molecule has 0 atom stereocenters. The number of amides is 1. The molecule has 1 N–H and O–H groups in total. The predicted octanol–water partition coefficient (Wildman–Crippen LogP) is 3.07. The average molecular weight is 303 g/mol. The summed E-state index contributed by atoms with van der Waals surface area (Å²) in [4.78, 5) is 10.6. The first-order chi connectivity index (χ1) is 10.7. The first-order valence-electron chi connectivity index (χ1n) is 6.50. The SMILES string of the molecule is COc1cc(Oc2ccccc2NC=O)cc(OC)c1OC. The van der Waals surface area contributed by atoms with Crippen molar-refractivity contribution in [2.24, 2.45) is 0 Å². The highest BCUT2D eigenvalue weighted by molar-refractivity contribution is 5.75. The Morgan fingerprint density at radius 2 is 1.55 bits per heavy atom. The Labute approximate surface area is 128 Å². The van der Waals surface area contributed by atoms with Gasteiger partial charge < -0.3 is 24.3 Å². The minimum absolute atomic E-state index is 0.483. The Kier molecular flexibility index (Phi) is 5.08. The normalized spacial score (nSPS) is 9.77. The van der Waals surface area contributed by atoms with Gasteiger partial charge in [-0.2, -0.15) is 0 Å². The number of methoxy groups -OCH3 is 3. The zero-order chi connectivity index (χ0) is 15.9. The van der Waals surface area contributed by atoms with Crippen molar-refractivity contribution >= 4 is 12.1 Å². The van der Waals surface area contributed by atoms with Crippen LogP contribution in [0, 0.1) is 0 Å². The smallest absolute Gasteiger partial charge is 0.211 e. The van der Waals surface area contributed by atoms with Gasteiger partial charge in [-0.3, -0.25) is 4.79 Å². The van der Waals surface area contributed by atoms with Gasteiger partial charge in [-0.05, 0) is 12.1 Å². The van der Waals surface area contributed by atoms with E-state index in [-0.39, 0.29) is 0 Å². The first-order valence-corrected chi connectivity index (χ1v) is 6.50. The molecule has 0 aromatic heterocycles. The summed E-state index contributed by atoms with van der Waals surface area (Å²) in [5, 5.41) is 2.58. The van der Waals surface area contributed by atoms with Crippen LogP contribution in [0.15, 0.2) is 36.4 Å². The fourth-order valence-electron chi connectivity index (χ4n) is 1.98. The molecule has 0 unspecified atom stereocenters. The molecule has 0 heterocycles. The second kappa shape index (κ2) is 7.21. The molecule has 22 heavy (non-hydrogen) atoms. The number of hydrogen-bond acceptors (Lipinski definition) is 5. The summed E-state index contributed by atoms with van der Waals surface area (Å²) in [5.74, 6) is 2.45. The minimum atomic E-state index is 0.483. The van der Waals surface area contributed by atoms with Crippen molar-refractivity contribution in [3.63, 3.8) is 0 Å². The van der Waals surface area contributed by atoms with Gasteiger partial charge in [-0.25, -0.2) is 0 Å². The van der Waals surface area contributed by atoms with Crippen LogP contribution in [0.1, 0.15) is 0 Å². The number of para-hydroxylation sites is 2. The molecule has 2 rings (SSSR count). The van der Waals surface area contributed by atoms with Gasteiger partial charge in [0.15, 0.2) is 17.2 Å². The zero-order valence-corrected chi connectivity index (χ0v) is 12.6. The van der Waals surface area contributed by atoms with Crippen LogP contribution in [-0.2, 0) is 4.79 Å². The summed E-state index contributed by atoms with van der Waals surface area (Å²) >= 11 is 0. The molecule has 0 fully saturated rings. The van der Waals surface area contributed by atoms with Crippen LogP contribution in [0.3, 0.4) is 0 Å². The molecule has 0 radical (unpaired) electrons. The fraction of sp³-hybridized carbons (Fsp3) is 0.188. The zero-order valence-electron chi connectivity index (χ0n) is 12.6. The lowest BCUT2D eigenvalue weighted by Gasteiger charge is -2.15. The van der Waals surface area contributed by atoms with Gasteiger partial charge in [-0.15, -0.1) is 0 Å². The molecule has 1 amide bonds. The van der Waals surface area contributed by atoms with Crippen LogP contribution in [0.25, 0.3) is 0 Å². The summed E-state index contributed by atoms with van der Waals surface area (Å²) in [6.45, 7) is 0. The van der Waals surface area contributed by atoms with Crippen molar-refractivity contribution in [2.45, 2.75) is 0 Å². The third-order valence-electron chi connectivity index (χ3n) is 2.97. The van der Waals surface area contributed by atoms with E-state index in [4.69, 9.17) is 18.9 Å². The maximum Gasteiger partial charge on any atom is 0.211 e. The molecule has 6 heteroatoms. The summed E-state index contributed by atoms with van der Waals surface area (Å²) in [6.07, 6.45) is 0.595. The topological polar surface area (TPSA) is 66.0 Å². The number of nitrogens with one attached hydrogen (secondary N) is 1. The van der Waals surface area contributed by atoms with Gasteiger partial charge in [0.1, 0.15) is 5.75 Å². The molecule has 116 valence electrons. The summed E-state index contributed by atoms with van der Waals surface area (Å²) in [7, 11) is 4.59. The van der Waals surface area contributed by atoms with Gasteiger partial charge in [0, 0.05) is 12.1 Å². The van der Waals surface area contributed by atoms with Crippen LogP contribution in [0.5, 0.6) is 28.7 Å². The monoisotopic (exact) mass is 303 g/mol. The van der Waals surface area contributed by atoms with Crippen LogP contribution in [-0.4, -0.2) is 27.7 Å². The molecular formula is C16H17NO5. The Morgan fingerprint density at radius 1 is 0.909 bits per heavy atom. The molecule has 0 saturated carbocycles. The number of rotatable bonds is 7. The highest BCUT2D eigenvalue weighted by Gasteiger charge is 2.15. The predicted molar refractivity (Wildman–Crippen MR) is 82.3 cm³/mol. The second-order valence-electron chi connectivity index (χ2n) is 4.22. The van der Waals surface area contributed by atoms with Gasteiger partial charge in [-0.1, -0.05) is 12.1 Å². The van der Waals surface area contributed by atoms with Crippen LogP contribution in [0.4, 0.5) is 5.69 Å². The number of carbonyl (C=O) groups is 1. The largest absolute Gasteiger partial charge is 0.493 e. The van der Waals surface area contributed by atoms with Crippen molar-refractivity contribution < 1.29 is 23.7 Å². The Hall–Kier alpha value is -2.89. The maximum atomic E-state index is 10.6. The van der Waals surface area contributed by atoms with Crippen LogP contribution in [0.2, 0.25) is 0 Å². The summed E-state index contributed by atoms with van der Waals surface area (Å²) in [6, 6.07) is 10.5. The second-order valence-corrected chi connectivity index (χ2v) is 4.22. The molecular weight excluding hydrogens is 286 g/mol. The molecule has 0 bridgehead atoms. The van der Waals surface area contributed by atoms with E-state index in [1.807, 2.05) is 6.07 Å². The van der Waals surface area contributed by atoms with Gasteiger partial charge in [0.2, 0.25) is 12.2 Å². The van der Waals surface area contributed by atoms with Crippen molar-refractivity contribution in [1.82, 2.24) is 0 Å². The average Bonchev–Trinajstić information content (AvgIpc) is 2.55. The van der Waals surface area contributed by atoms with Crippen molar-refractivity contribution in [3.8, 4) is 28.7 Å². The quantitative estimate of drug-likeness (QED) is 0.796. The van der Waals surface area contributed by atoms with Crippen molar-refractivity contribution in [3.05, 3.63) is 36.4 Å². The molecule has 0 aliphatic carbocycles. The van der Waals surface area contributed by atoms with E-state index >= 15 is 0 Å². The third kappa shape index (κ3) is 3.22. The van der Waals surface area contributed by atoms with Crippen molar-refractivity contribution in [2.75, 3.05) is 26.6 Å². The highest BCUT2D eigenvalue weighted by Crippen LogP contribution is 2.42. The van der Waals surface area contributed by atoms with Crippen LogP contribution < -0.4 is 24.3 Å². The lowest BCUT2D eigenvalue weighted by Crippen LogP contribution is -1.98. The third-order valence-corrected chi connectivity index (χ3v) is 2.97. The molecule has 2 aromatic rings. The lowest BCUT2D eigenvalue weighted by molar-refractivity contribution is -0.105. The first kappa shape index (κ1) is 15.5. The number of anilines is 1. The summed E-state index contributed by atoms with van der Waals surface area (Å²) < 4.78 is 21.6. The fourth-order valence-corrected chi connectivity index (χ4v) is 1.98. The van der Waals surface area contributed by atoms with E-state index in [0.29, 0.717) is 40.8 Å². The van der Waals surface area contributed by atoms with Crippen LogP contribution >= 0.6 is 0 Å². The summed E-state index contributed by atoms with van der Waals surface area (Å²) in [5.41, 5.74) is 0.561. The Bertz CT molecular complexity index is 632. The van der Waals surface area contributed by atoms with Gasteiger partial charge in [0.25, 0.3) is 0 Å². The van der Waals surface area contributed by atoms with E-state index in [0.717, 1.165) is 0 Å². The lowest BCUT2D eigenvalue weighted by atomic mass is 10.2. The molecule has 2 aromatic carbocycles. The molecule has 0 aliphatic rings. The Balaban J connectivity index is 2.40. The molecule has 0 spiro atoms. The van der Waals surface area contributed by atoms with E-state index < -0.39 is 0 Å². The number of ether oxygens (including phenoxy) is 4. The van der Waals surface area contributed by atoms with E-state index in [1.165, 1.54) is 21.3 Å². The number of carbonyl (C=O) groups excluding carboxylic acids is 1. The Morgan fingerprint density at radius 3 is 2.09 bits per heavy atom. The maximum absolute atomic E-state index is 10.6. The highest BCUT2D eigenvalue weighted by atomic mass is 16.5. The van der Waals surface area contributed by atoms with Gasteiger partial charge >= 0.3 is 0 Å². The molecule has 0 aliphatic heterocycles. The standard InChI is InChI=1S/C16H17NO5/c1-19-14-8-11(9-15(20-2)16(14)21-3)22-13-7-5-4-6-12(13)17-10-18/h4-10H,1-3H3,(H,17,18). The van der Waals surface area contributed by atoms with Gasteiger partial charge in [0.05, 0.1) is 27.0 Å². The van der Waals surface area contributed by atoms with Crippen molar-refractivity contribution in [1.29, 1.82) is 0 Å².